The summed E-state index contributed by atoms with van der Waals surface area (Å²) in [6.45, 7) is 0. The fourth-order valence-corrected chi connectivity index (χ4v) is 4.34. The third-order valence-electron chi connectivity index (χ3n) is 3.95. The first-order chi connectivity index (χ1) is 11.2. The summed E-state index contributed by atoms with van der Waals surface area (Å²) in [7, 11) is -1.18. The van der Waals surface area contributed by atoms with Crippen LogP contribution in [0.15, 0.2) is 70.0 Å². The average Bonchev–Trinajstić information content (AvgIpc) is 2.92. The Hall–Kier alpha value is -2.10. The molecule has 0 aliphatic rings. The first-order valence-electron chi connectivity index (χ1n) is 7.19. The van der Waals surface area contributed by atoms with E-state index in [0.717, 1.165) is 33.1 Å². The molecule has 0 saturated carbocycles. The smallest absolute Gasteiger partial charge is 0.136 e. The van der Waals surface area contributed by atoms with E-state index >= 15 is 0 Å². The summed E-state index contributed by atoms with van der Waals surface area (Å²) in [5.74, 6) is 0. The standard InChI is InChI=1S/C19H13ClO2S/c1-23(21)19-13(8-4-9-15(19)20)12-7-5-11-17-18(12)14-6-2-3-10-16(14)22-17/h2-11H,1H3. The molecule has 0 fully saturated rings. The normalized spacial score (nSPS) is 12.8. The molecule has 1 atom stereocenters. The maximum absolute atomic E-state index is 12.2. The number of fused-ring (bicyclic) bond motifs is 3. The minimum absolute atomic E-state index is 0.521. The molecule has 0 spiro atoms. The molecule has 0 bridgehead atoms. The summed E-state index contributed by atoms with van der Waals surface area (Å²) in [5, 5.41) is 2.59. The van der Waals surface area contributed by atoms with Gasteiger partial charge >= 0.3 is 0 Å². The Morgan fingerprint density at radius 2 is 1.57 bits per heavy atom. The Labute approximate surface area is 141 Å². The Kier molecular flexibility index (Phi) is 3.47. The first kappa shape index (κ1) is 14.5. The molecule has 0 aliphatic heterocycles. The summed E-state index contributed by atoms with van der Waals surface area (Å²) in [6.07, 6.45) is 1.65. The molecular weight excluding hydrogens is 328 g/mol. The van der Waals surface area contributed by atoms with E-state index < -0.39 is 10.8 Å². The number of rotatable bonds is 2. The molecular formula is C19H13ClO2S. The zero-order valence-electron chi connectivity index (χ0n) is 12.4. The van der Waals surface area contributed by atoms with Crippen LogP contribution < -0.4 is 0 Å². The molecule has 1 unspecified atom stereocenters. The Balaban J connectivity index is 2.16. The van der Waals surface area contributed by atoms with Crippen molar-refractivity contribution in [2.24, 2.45) is 0 Å². The van der Waals surface area contributed by atoms with Crippen molar-refractivity contribution < 1.29 is 8.63 Å². The zero-order valence-corrected chi connectivity index (χ0v) is 13.9. The number of hydrogen-bond acceptors (Lipinski definition) is 2. The van der Waals surface area contributed by atoms with Crippen LogP contribution in [0.2, 0.25) is 5.02 Å². The summed E-state index contributed by atoms with van der Waals surface area (Å²) >= 11 is 6.30. The van der Waals surface area contributed by atoms with Gasteiger partial charge in [-0.25, -0.2) is 0 Å². The van der Waals surface area contributed by atoms with Crippen LogP contribution in [0.3, 0.4) is 0 Å². The molecule has 1 heterocycles. The molecule has 4 aromatic rings. The van der Waals surface area contributed by atoms with Crippen LogP contribution in [0.4, 0.5) is 0 Å². The minimum atomic E-state index is -1.18. The number of halogens is 1. The highest BCUT2D eigenvalue weighted by Gasteiger charge is 2.17. The molecule has 0 aliphatic carbocycles. The summed E-state index contributed by atoms with van der Waals surface area (Å²) in [4.78, 5) is 0.659. The largest absolute Gasteiger partial charge is 0.456 e. The van der Waals surface area contributed by atoms with Crippen molar-refractivity contribution >= 4 is 44.3 Å². The molecule has 23 heavy (non-hydrogen) atoms. The number of furan rings is 1. The van der Waals surface area contributed by atoms with Gasteiger partial charge < -0.3 is 4.42 Å². The predicted octanol–water partition coefficient (Wildman–Crippen LogP) is 5.64. The van der Waals surface area contributed by atoms with E-state index in [4.69, 9.17) is 16.0 Å². The van der Waals surface area contributed by atoms with E-state index in [0.29, 0.717) is 9.92 Å². The van der Waals surface area contributed by atoms with Crippen molar-refractivity contribution in [2.75, 3.05) is 6.26 Å². The molecule has 1 aromatic heterocycles. The van der Waals surface area contributed by atoms with Crippen molar-refractivity contribution in [3.05, 3.63) is 65.7 Å². The molecule has 0 saturated heterocycles. The van der Waals surface area contributed by atoms with Crippen molar-refractivity contribution in [2.45, 2.75) is 4.90 Å². The summed E-state index contributed by atoms with van der Waals surface area (Å²) < 4.78 is 18.1. The van der Waals surface area contributed by atoms with Crippen LogP contribution in [-0.4, -0.2) is 10.5 Å². The van der Waals surface area contributed by atoms with Crippen LogP contribution in [0.25, 0.3) is 33.1 Å². The summed E-state index contributed by atoms with van der Waals surface area (Å²) in [5.41, 5.74) is 3.53. The van der Waals surface area contributed by atoms with Crippen molar-refractivity contribution in [1.82, 2.24) is 0 Å². The van der Waals surface area contributed by atoms with Gasteiger partial charge in [0, 0.05) is 22.6 Å². The van der Waals surface area contributed by atoms with Crippen LogP contribution in [0, 0.1) is 0 Å². The van der Waals surface area contributed by atoms with Crippen LogP contribution in [-0.2, 0) is 10.8 Å². The van der Waals surface area contributed by atoms with Gasteiger partial charge in [-0.1, -0.05) is 54.1 Å². The first-order valence-corrected chi connectivity index (χ1v) is 9.13. The van der Waals surface area contributed by atoms with Crippen LogP contribution in [0.5, 0.6) is 0 Å². The van der Waals surface area contributed by atoms with E-state index in [2.05, 4.69) is 0 Å². The van der Waals surface area contributed by atoms with E-state index in [9.17, 15) is 4.21 Å². The topological polar surface area (TPSA) is 30.2 Å². The van der Waals surface area contributed by atoms with E-state index in [1.807, 2.05) is 54.6 Å². The van der Waals surface area contributed by atoms with E-state index in [1.165, 1.54) is 0 Å². The summed E-state index contributed by atoms with van der Waals surface area (Å²) in [6, 6.07) is 19.5. The minimum Gasteiger partial charge on any atom is -0.456 e. The van der Waals surface area contributed by atoms with Gasteiger partial charge in [-0.2, -0.15) is 0 Å². The predicted molar refractivity (Wildman–Crippen MR) is 96.5 cm³/mol. The average molecular weight is 341 g/mol. The lowest BCUT2D eigenvalue weighted by atomic mass is 9.99. The monoisotopic (exact) mass is 340 g/mol. The lowest BCUT2D eigenvalue weighted by molar-refractivity contribution is 0.669. The highest BCUT2D eigenvalue weighted by molar-refractivity contribution is 7.84. The van der Waals surface area contributed by atoms with Gasteiger partial charge in [0.05, 0.1) is 20.7 Å². The SMILES string of the molecule is CS(=O)c1c(Cl)cccc1-c1cccc2oc3ccccc3c12. The molecule has 3 aromatic carbocycles. The molecule has 2 nitrogen and oxygen atoms in total. The van der Waals surface area contributed by atoms with Gasteiger partial charge in [0.1, 0.15) is 11.2 Å². The second kappa shape index (κ2) is 5.52. The van der Waals surface area contributed by atoms with Crippen LogP contribution >= 0.6 is 11.6 Å². The second-order valence-electron chi connectivity index (χ2n) is 5.35. The maximum atomic E-state index is 12.2. The van der Waals surface area contributed by atoms with Crippen molar-refractivity contribution in [3.8, 4) is 11.1 Å². The van der Waals surface area contributed by atoms with Gasteiger partial charge in [0.25, 0.3) is 0 Å². The molecule has 0 N–H and O–H groups in total. The molecule has 0 radical (unpaired) electrons. The molecule has 4 heteroatoms. The fourth-order valence-electron chi connectivity index (χ4n) is 3.01. The highest BCUT2D eigenvalue weighted by atomic mass is 35.5. The second-order valence-corrected chi connectivity index (χ2v) is 7.07. The molecule has 114 valence electrons. The third kappa shape index (κ3) is 2.28. The van der Waals surface area contributed by atoms with Gasteiger partial charge in [-0.15, -0.1) is 0 Å². The molecule has 0 amide bonds. The number of para-hydroxylation sites is 1. The quantitative estimate of drug-likeness (QED) is 0.472. The van der Waals surface area contributed by atoms with Crippen molar-refractivity contribution in [1.29, 1.82) is 0 Å². The highest BCUT2D eigenvalue weighted by Crippen LogP contribution is 2.39. The maximum Gasteiger partial charge on any atom is 0.136 e. The lowest BCUT2D eigenvalue weighted by Crippen LogP contribution is -1.94. The third-order valence-corrected chi connectivity index (χ3v) is 5.39. The van der Waals surface area contributed by atoms with Gasteiger partial charge in [-0.05, 0) is 23.8 Å². The van der Waals surface area contributed by atoms with Gasteiger partial charge in [0.15, 0.2) is 0 Å². The Morgan fingerprint density at radius 1 is 0.870 bits per heavy atom. The van der Waals surface area contributed by atoms with E-state index in [1.54, 1.807) is 12.3 Å². The van der Waals surface area contributed by atoms with Gasteiger partial charge in [0.2, 0.25) is 0 Å². The van der Waals surface area contributed by atoms with Crippen LogP contribution in [0.1, 0.15) is 0 Å². The number of benzene rings is 3. The molecule has 4 rings (SSSR count). The Morgan fingerprint density at radius 3 is 2.39 bits per heavy atom. The number of hydrogen-bond donors (Lipinski definition) is 0. The van der Waals surface area contributed by atoms with Gasteiger partial charge in [-0.3, -0.25) is 4.21 Å². The van der Waals surface area contributed by atoms with E-state index in [-0.39, 0.29) is 0 Å². The lowest BCUT2D eigenvalue weighted by Gasteiger charge is -2.10. The zero-order chi connectivity index (χ0) is 16.0. The van der Waals surface area contributed by atoms with Crippen molar-refractivity contribution in [3.63, 3.8) is 0 Å². The Bertz CT molecular complexity index is 1070. The fraction of sp³-hybridized carbons (Fsp3) is 0.0526.